The molecule has 4 aliphatic rings. The maximum atomic E-state index is 6.70. The van der Waals surface area contributed by atoms with Crippen LogP contribution >= 0.6 is 0 Å². The minimum atomic E-state index is 0.122. The Morgan fingerprint density at radius 2 is 1.63 bits per heavy atom. The minimum absolute atomic E-state index is 0.122. The van der Waals surface area contributed by atoms with E-state index >= 15 is 0 Å². The Balaban J connectivity index is 1.72. The number of nitrogens with two attached hydrogens (primary N) is 2. The molecule has 0 saturated heterocycles. The zero-order chi connectivity index (χ0) is 13.0. The largest absolute Gasteiger partial charge is 0.327 e. The lowest BCUT2D eigenvalue weighted by Crippen LogP contribution is -2.63. The standard InChI is InChI=1S/C17H24N2/c18-15(13-4-2-1-3-5-13)17-9-11-6-12(10-17)8-14(7-11)16(17)19/h1-5,11-12,14-16H,6-10,18-19H2/t11?,12?,14?,15-,16-,17?/m0/s1. The second-order valence-electron chi connectivity index (χ2n) is 7.25. The fraction of sp³-hybridized carbons (Fsp3) is 0.647. The number of hydrogen-bond donors (Lipinski definition) is 2. The van der Waals surface area contributed by atoms with Crippen molar-refractivity contribution in [3.63, 3.8) is 0 Å². The first kappa shape index (κ1) is 11.9. The van der Waals surface area contributed by atoms with E-state index < -0.39 is 0 Å². The molecule has 5 rings (SSSR count). The van der Waals surface area contributed by atoms with Crippen LogP contribution in [0.5, 0.6) is 0 Å². The monoisotopic (exact) mass is 256 g/mol. The van der Waals surface area contributed by atoms with Gasteiger partial charge in [0.25, 0.3) is 0 Å². The van der Waals surface area contributed by atoms with E-state index in [0.29, 0.717) is 6.04 Å². The van der Waals surface area contributed by atoms with E-state index in [1.54, 1.807) is 0 Å². The Hall–Kier alpha value is -0.860. The van der Waals surface area contributed by atoms with Crippen molar-refractivity contribution in [1.82, 2.24) is 0 Å². The molecular formula is C17H24N2. The quantitative estimate of drug-likeness (QED) is 0.855. The molecule has 4 fully saturated rings. The third-order valence-corrected chi connectivity index (χ3v) is 6.23. The third-order valence-electron chi connectivity index (χ3n) is 6.23. The van der Waals surface area contributed by atoms with Crippen LogP contribution in [0.1, 0.15) is 43.7 Å². The van der Waals surface area contributed by atoms with Gasteiger partial charge in [0.15, 0.2) is 0 Å². The molecule has 1 aromatic rings. The highest BCUT2D eigenvalue weighted by Crippen LogP contribution is 2.62. The molecule has 0 aromatic heterocycles. The van der Waals surface area contributed by atoms with E-state index in [1.807, 2.05) is 0 Å². The van der Waals surface area contributed by atoms with E-state index in [4.69, 9.17) is 11.5 Å². The van der Waals surface area contributed by atoms with Crippen LogP contribution in [-0.4, -0.2) is 6.04 Å². The van der Waals surface area contributed by atoms with E-state index in [2.05, 4.69) is 30.3 Å². The molecule has 2 nitrogen and oxygen atoms in total. The molecule has 102 valence electrons. The van der Waals surface area contributed by atoms with Crippen LogP contribution in [0.4, 0.5) is 0 Å². The lowest BCUT2D eigenvalue weighted by Gasteiger charge is -2.62. The summed E-state index contributed by atoms with van der Waals surface area (Å²) >= 11 is 0. The predicted octanol–water partition coefficient (Wildman–Crippen LogP) is 2.84. The normalized spacial score (nSPS) is 45.4. The van der Waals surface area contributed by atoms with Gasteiger partial charge in [0.2, 0.25) is 0 Å². The average molecular weight is 256 g/mol. The van der Waals surface area contributed by atoms with Gasteiger partial charge < -0.3 is 11.5 Å². The highest BCUT2D eigenvalue weighted by Gasteiger charge is 2.58. The van der Waals surface area contributed by atoms with Crippen molar-refractivity contribution in [3.8, 4) is 0 Å². The highest BCUT2D eigenvalue weighted by molar-refractivity contribution is 5.25. The van der Waals surface area contributed by atoms with Crippen molar-refractivity contribution in [1.29, 1.82) is 0 Å². The van der Waals surface area contributed by atoms with Crippen molar-refractivity contribution in [2.75, 3.05) is 0 Å². The summed E-state index contributed by atoms with van der Waals surface area (Å²) in [5.74, 6) is 2.53. The molecule has 0 heterocycles. The SMILES string of the molecule is N[C@@H](c1ccccc1)C12CC3CC(CC(C3)[C@@H]1N)C2. The van der Waals surface area contributed by atoms with Crippen molar-refractivity contribution >= 4 is 0 Å². The van der Waals surface area contributed by atoms with E-state index in [9.17, 15) is 0 Å². The molecule has 4 aliphatic carbocycles. The first-order valence-corrected chi connectivity index (χ1v) is 7.75. The topological polar surface area (TPSA) is 52.0 Å². The van der Waals surface area contributed by atoms with Gasteiger partial charge in [-0.1, -0.05) is 30.3 Å². The van der Waals surface area contributed by atoms with Crippen molar-refractivity contribution in [2.45, 2.75) is 44.2 Å². The summed E-state index contributed by atoms with van der Waals surface area (Å²) in [6.45, 7) is 0. The van der Waals surface area contributed by atoms with Gasteiger partial charge in [-0.25, -0.2) is 0 Å². The lowest BCUT2D eigenvalue weighted by molar-refractivity contribution is -0.0865. The summed E-state index contributed by atoms with van der Waals surface area (Å²) < 4.78 is 0. The Morgan fingerprint density at radius 3 is 2.26 bits per heavy atom. The molecule has 1 aromatic carbocycles. The molecule has 19 heavy (non-hydrogen) atoms. The Morgan fingerprint density at radius 1 is 1.00 bits per heavy atom. The minimum Gasteiger partial charge on any atom is -0.327 e. The fourth-order valence-corrected chi connectivity index (χ4v) is 5.60. The van der Waals surface area contributed by atoms with E-state index in [1.165, 1.54) is 37.7 Å². The molecule has 4 bridgehead atoms. The Kier molecular flexibility index (Phi) is 2.55. The fourth-order valence-electron chi connectivity index (χ4n) is 5.60. The molecular weight excluding hydrogens is 232 g/mol. The van der Waals surface area contributed by atoms with Gasteiger partial charge in [-0.05, 0) is 55.4 Å². The third kappa shape index (κ3) is 1.63. The van der Waals surface area contributed by atoms with E-state index in [-0.39, 0.29) is 11.5 Å². The van der Waals surface area contributed by atoms with Crippen molar-refractivity contribution in [2.24, 2.45) is 34.6 Å². The van der Waals surface area contributed by atoms with Gasteiger partial charge in [-0.3, -0.25) is 0 Å². The summed E-state index contributed by atoms with van der Waals surface area (Å²) in [5.41, 5.74) is 14.8. The highest BCUT2D eigenvalue weighted by atomic mass is 14.8. The first-order valence-electron chi connectivity index (χ1n) is 7.75. The van der Waals surface area contributed by atoms with Crippen LogP contribution in [-0.2, 0) is 0 Å². The van der Waals surface area contributed by atoms with Crippen LogP contribution in [0.25, 0.3) is 0 Å². The maximum Gasteiger partial charge on any atom is 0.0367 e. The molecule has 0 radical (unpaired) electrons. The van der Waals surface area contributed by atoms with Crippen molar-refractivity contribution in [3.05, 3.63) is 35.9 Å². The molecule has 4 N–H and O–H groups in total. The van der Waals surface area contributed by atoms with Crippen LogP contribution < -0.4 is 11.5 Å². The number of hydrogen-bond acceptors (Lipinski definition) is 2. The van der Waals surface area contributed by atoms with Gasteiger partial charge in [0, 0.05) is 17.5 Å². The van der Waals surface area contributed by atoms with Gasteiger partial charge in [0.1, 0.15) is 0 Å². The second kappa shape index (κ2) is 4.07. The summed E-state index contributed by atoms with van der Waals surface area (Å²) in [6.07, 6.45) is 6.68. The predicted molar refractivity (Wildman–Crippen MR) is 77.3 cm³/mol. The zero-order valence-electron chi connectivity index (χ0n) is 11.5. The molecule has 0 spiro atoms. The first-order chi connectivity index (χ1) is 9.19. The molecule has 2 unspecified atom stereocenters. The van der Waals surface area contributed by atoms with Crippen LogP contribution in [0.15, 0.2) is 30.3 Å². The number of rotatable bonds is 2. The van der Waals surface area contributed by atoms with E-state index in [0.717, 1.165) is 17.8 Å². The molecule has 4 saturated carbocycles. The summed E-state index contributed by atoms with van der Waals surface area (Å²) in [4.78, 5) is 0. The summed E-state index contributed by atoms with van der Waals surface area (Å²) in [7, 11) is 0. The summed E-state index contributed by atoms with van der Waals surface area (Å²) in [6, 6.07) is 11.1. The lowest BCUT2D eigenvalue weighted by atomic mass is 9.45. The van der Waals surface area contributed by atoms with Gasteiger partial charge in [-0.2, -0.15) is 0 Å². The smallest absolute Gasteiger partial charge is 0.0367 e. The molecule has 4 atom stereocenters. The van der Waals surface area contributed by atoms with Crippen LogP contribution in [0.2, 0.25) is 0 Å². The average Bonchev–Trinajstić information content (AvgIpc) is 2.44. The molecule has 2 heteroatoms. The second-order valence-corrected chi connectivity index (χ2v) is 7.25. The zero-order valence-corrected chi connectivity index (χ0v) is 11.5. The van der Waals surface area contributed by atoms with Crippen molar-refractivity contribution < 1.29 is 0 Å². The van der Waals surface area contributed by atoms with Gasteiger partial charge in [0.05, 0.1) is 0 Å². The summed E-state index contributed by atoms with van der Waals surface area (Å²) in [5, 5.41) is 0. The Bertz CT molecular complexity index is 455. The maximum absolute atomic E-state index is 6.70. The molecule has 0 amide bonds. The van der Waals surface area contributed by atoms with Crippen LogP contribution in [0, 0.1) is 23.2 Å². The van der Waals surface area contributed by atoms with Gasteiger partial charge >= 0.3 is 0 Å². The van der Waals surface area contributed by atoms with Gasteiger partial charge in [-0.15, -0.1) is 0 Å². The van der Waals surface area contributed by atoms with Crippen LogP contribution in [0.3, 0.4) is 0 Å². The molecule has 0 aliphatic heterocycles. The number of benzene rings is 1. The Labute approximate surface area is 115 Å².